The van der Waals surface area contributed by atoms with E-state index in [-0.39, 0.29) is 11.6 Å². The van der Waals surface area contributed by atoms with E-state index >= 15 is 0 Å². The van der Waals surface area contributed by atoms with Gasteiger partial charge in [-0.15, -0.1) is 0 Å². The predicted octanol–water partition coefficient (Wildman–Crippen LogP) is 2.43. The highest BCUT2D eigenvalue weighted by Crippen LogP contribution is 2.28. The molecule has 0 amide bonds. The van der Waals surface area contributed by atoms with Crippen LogP contribution in [0.15, 0.2) is 59.8 Å². The molecule has 0 atom stereocenters. The van der Waals surface area contributed by atoms with Crippen molar-refractivity contribution in [1.82, 2.24) is 29.5 Å². The van der Waals surface area contributed by atoms with Gasteiger partial charge in [0.05, 0.1) is 23.3 Å². The molecule has 1 fully saturated rings. The van der Waals surface area contributed by atoms with Crippen LogP contribution in [-0.2, 0) is 7.05 Å². The fourth-order valence-electron chi connectivity index (χ4n) is 3.97. The number of aromatic nitrogens is 6. The minimum absolute atomic E-state index is 0.0557. The average molecular weight is 387 g/mol. The Labute approximate surface area is 167 Å². The quantitative estimate of drug-likeness (QED) is 0.537. The Bertz CT molecular complexity index is 1210. The SMILES string of the molecule is Cn1ncc2c(N3CCC(n4nc(-c5ccccc5)ccc4=O)CC3)ncnc21. The maximum atomic E-state index is 12.5. The molecule has 3 aromatic heterocycles. The van der Waals surface area contributed by atoms with Crippen molar-refractivity contribution in [2.45, 2.75) is 18.9 Å². The van der Waals surface area contributed by atoms with E-state index in [1.807, 2.05) is 43.6 Å². The molecule has 1 saturated heterocycles. The molecule has 0 spiro atoms. The lowest BCUT2D eigenvalue weighted by atomic mass is 10.0. The van der Waals surface area contributed by atoms with Crippen molar-refractivity contribution in [3.05, 3.63) is 65.3 Å². The van der Waals surface area contributed by atoms with Gasteiger partial charge in [0.2, 0.25) is 0 Å². The van der Waals surface area contributed by atoms with Crippen LogP contribution in [0.5, 0.6) is 0 Å². The predicted molar refractivity (Wildman–Crippen MR) is 111 cm³/mol. The third-order valence-electron chi connectivity index (χ3n) is 5.51. The molecule has 29 heavy (non-hydrogen) atoms. The molecular formula is C21H21N7O. The highest BCUT2D eigenvalue weighted by molar-refractivity contribution is 5.86. The normalized spacial score (nSPS) is 15.1. The molecule has 5 rings (SSSR count). The Morgan fingerprint density at radius 3 is 2.59 bits per heavy atom. The van der Waals surface area contributed by atoms with E-state index in [0.717, 1.165) is 54.0 Å². The number of benzene rings is 1. The number of anilines is 1. The van der Waals surface area contributed by atoms with E-state index in [1.165, 1.54) is 0 Å². The summed E-state index contributed by atoms with van der Waals surface area (Å²) in [5.41, 5.74) is 2.60. The zero-order valence-corrected chi connectivity index (χ0v) is 16.1. The van der Waals surface area contributed by atoms with Gasteiger partial charge in [0.1, 0.15) is 12.1 Å². The van der Waals surface area contributed by atoms with Crippen LogP contribution >= 0.6 is 0 Å². The van der Waals surface area contributed by atoms with Gasteiger partial charge in [-0.2, -0.15) is 10.2 Å². The van der Waals surface area contributed by atoms with Crippen molar-refractivity contribution >= 4 is 16.9 Å². The second-order valence-electron chi connectivity index (χ2n) is 7.29. The molecule has 0 saturated carbocycles. The summed E-state index contributed by atoms with van der Waals surface area (Å²) >= 11 is 0. The number of piperidine rings is 1. The lowest BCUT2D eigenvalue weighted by Crippen LogP contribution is -2.38. The Hall–Kier alpha value is -3.55. The van der Waals surface area contributed by atoms with Gasteiger partial charge in [-0.25, -0.2) is 14.6 Å². The molecule has 1 aromatic carbocycles. The standard InChI is InChI=1S/C21H21N7O/c1-26-20-17(13-24-26)21(23-14-22-20)27-11-9-16(10-12-27)28-19(29)8-7-18(25-28)15-5-3-2-4-6-15/h2-8,13-14,16H,9-12H2,1H3. The van der Waals surface area contributed by atoms with Crippen LogP contribution in [0.1, 0.15) is 18.9 Å². The molecule has 1 aliphatic rings. The van der Waals surface area contributed by atoms with Gasteiger partial charge in [-0.3, -0.25) is 9.48 Å². The molecule has 8 nitrogen and oxygen atoms in total. The maximum absolute atomic E-state index is 12.5. The summed E-state index contributed by atoms with van der Waals surface area (Å²) in [6.07, 6.45) is 5.06. The third kappa shape index (κ3) is 3.16. The van der Waals surface area contributed by atoms with Gasteiger partial charge in [-0.05, 0) is 18.9 Å². The van der Waals surface area contributed by atoms with E-state index in [9.17, 15) is 4.79 Å². The fourth-order valence-corrected chi connectivity index (χ4v) is 3.97. The van der Waals surface area contributed by atoms with Crippen molar-refractivity contribution in [2.24, 2.45) is 7.05 Å². The molecule has 4 aromatic rings. The van der Waals surface area contributed by atoms with Crippen LogP contribution < -0.4 is 10.5 Å². The molecule has 4 heterocycles. The van der Waals surface area contributed by atoms with Gasteiger partial charge < -0.3 is 4.90 Å². The summed E-state index contributed by atoms with van der Waals surface area (Å²) in [4.78, 5) is 23.5. The number of aryl methyl sites for hydroxylation is 1. The second-order valence-corrected chi connectivity index (χ2v) is 7.29. The Balaban J connectivity index is 1.39. The molecule has 146 valence electrons. The van der Waals surface area contributed by atoms with Crippen LogP contribution in [0.3, 0.4) is 0 Å². The minimum atomic E-state index is -0.0557. The van der Waals surface area contributed by atoms with Crippen LogP contribution in [-0.4, -0.2) is 42.6 Å². The van der Waals surface area contributed by atoms with E-state index in [1.54, 1.807) is 27.8 Å². The van der Waals surface area contributed by atoms with Crippen molar-refractivity contribution < 1.29 is 0 Å². The van der Waals surface area contributed by atoms with Crippen molar-refractivity contribution in [1.29, 1.82) is 0 Å². The number of nitrogens with zero attached hydrogens (tertiary/aromatic N) is 7. The van der Waals surface area contributed by atoms with E-state index in [4.69, 9.17) is 0 Å². The smallest absolute Gasteiger partial charge is 0.267 e. The molecule has 0 N–H and O–H groups in total. The summed E-state index contributed by atoms with van der Waals surface area (Å²) in [6.45, 7) is 1.60. The van der Waals surface area contributed by atoms with Gasteiger partial charge in [0.25, 0.3) is 5.56 Å². The molecule has 1 aliphatic heterocycles. The molecule has 0 unspecified atom stereocenters. The van der Waals surface area contributed by atoms with Crippen LogP contribution in [0.2, 0.25) is 0 Å². The van der Waals surface area contributed by atoms with Crippen LogP contribution in [0.4, 0.5) is 5.82 Å². The van der Waals surface area contributed by atoms with E-state index < -0.39 is 0 Å². The highest BCUT2D eigenvalue weighted by Gasteiger charge is 2.25. The summed E-state index contributed by atoms with van der Waals surface area (Å²) in [5, 5.41) is 9.91. The minimum Gasteiger partial charge on any atom is -0.356 e. The van der Waals surface area contributed by atoms with Crippen LogP contribution in [0, 0.1) is 0 Å². The maximum Gasteiger partial charge on any atom is 0.267 e. The lowest BCUT2D eigenvalue weighted by molar-refractivity contribution is 0.354. The second kappa shape index (κ2) is 7.12. The summed E-state index contributed by atoms with van der Waals surface area (Å²) in [6, 6.07) is 13.4. The molecule has 0 bridgehead atoms. The van der Waals surface area contributed by atoms with Crippen molar-refractivity contribution in [3.8, 4) is 11.3 Å². The summed E-state index contributed by atoms with van der Waals surface area (Å²) in [5.74, 6) is 0.903. The third-order valence-corrected chi connectivity index (χ3v) is 5.51. The number of fused-ring (bicyclic) bond motifs is 1. The summed E-state index contributed by atoms with van der Waals surface area (Å²) in [7, 11) is 1.88. The first-order valence-electron chi connectivity index (χ1n) is 9.73. The van der Waals surface area contributed by atoms with E-state index in [0.29, 0.717) is 0 Å². The Kier molecular flexibility index (Phi) is 4.31. The molecule has 0 radical (unpaired) electrons. The van der Waals surface area contributed by atoms with Gasteiger partial charge >= 0.3 is 0 Å². The first kappa shape index (κ1) is 17.5. The first-order valence-corrected chi connectivity index (χ1v) is 9.73. The fraction of sp³-hybridized carbons (Fsp3) is 0.286. The number of rotatable bonds is 3. The van der Waals surface area contributed by atoms with E-state index in [2.05, 4.69) is 25.1 Å². The zero-order valence-electron chi connectivity index (χ0n) is 16.1. The van der Waals surface area contributed by atoms with Crippen molar-refractivity contribution in [3.63, 3.8) is 0 Å². The highest BCUT2D eigenvalue weighted by atomic mass is 16.1. The lowest BCUT2D eigenvalue weighted by Gasteiger charge is -2.33. The van der Waals surface area contributed by atoms with Gasteiger partial charge in [0, 0.05) is 31.8 Å². The molecule has 8 heteroatoms. The Morgan fingerprint density at radius 1 is 1.00 bits per heavy atom. The van der Waals surface area contributed by atoms with Crippen molar-refractivity contribution in [2.75, 3.05) is 18.0 Å². The monoisotopic (exact) mass is 387 g/mol. The average Bonchev–Trinajstić information content (AvgIpc) is 3.16. The number of hydrogen-bond acceptors (Lipinski definition) is 6. The first-order chi connectivity index (χ1) is 14.2. The van der Waals surface area contributed by atoms with Crippen LogP contribution in [0.25, 0.3) is 22.3 Å². The number of hydrogen-bond donors (Lipinski definition) is 0. The molecule has 0 aliphatic carbocycles. The molecular weight excluding hydrogens is 366 g/mol. The largest absolute Gasteiger partial charge is 0.356 e. The summed E-state index contributed by atoms with van der Waals surface area (Å²) < 4.78 is 3.41. The van der Waals surface area contributed by atoms with Gasteiger partial charge in [-0.1, -0.05) is 30.3 Å². The zero-order chi connectivity index (χ0) is 19.8. The Morgan fingerprint density at radius 2 is 1.79 bits per heavy atom. The van der Waals surface area contributed by atoms with Gasteiger partial charge in [0.15, 0.2) is 5.65 Å². The topological polar surface area (TPSA) is 81.7 Å².